The third kappa shape index (κ3) is 7.53. The number of unbranched alkanes of at least 4 members (excludes halogenated alkanes) is 2. The van der Waals surface area contributed by atoms with Crippen LogP contribution in [0.25, 0.3) is 0 Å². The van der Waals surface area contributed by atoms with Crippen LogP contribution >= 0.6 is 11.3 Å². The van der Waals surface area contributed by atoms with Gasteiger partial charge < -0.3 is 0 Å². The molecule has 0 atom stereocenters. The van der Waals surface area contributed by atoms with Gasteiger partial charge >= 0.3 is 0 Å². The van der Waals surface area contributed by atoms with Crippen LogP contribution in [0.3, 0.4) is 0 Å². The quantitative estimate of drug-likeness (QED) is 0.662. The van der Waals surface area contributed by atoms with E-state index in [2.05, 4.69) is 18.8 Å². The maximum Gasteiger partial charge on any atom is 0.0794 e. The van der Waals surface area contributed by atoms with E-state index in [0.29, 0.717) is 0 Å². The van der Waals surface area contributed by atoms with Gasteiger partial charge in [0.25, 0.3) is 0 Å². The Morgan fingerprint density at radius 2 is 2.00 bits per heavy atom. The molecule has 0 fully saturated rings. The molecule has 1 rings (SSSR count). The van der Waals surface area contributed by atoms with E-state index < -0.39 is 0 Å². The van der Waals surface area contributed by atoms with Gasteiger partial charge in [-0.05, 0) is 6.92 Å². The van der Waals surface area contributed by atoms with Gasteiger partial charge in [-0.1, -0.05) is 33.1 Å². The molecule has 0 radical (unpaired) electrons. The van der Waals surface area contributed by atoms with Crippen LogP contribution in [0, 0.1) is 6.92 Å². The second kappa shape index (κ2) is 7.73. The second-order valence-corrected chi connectivity index (χ2v) is 3.20. The van der Waals surface area contributed by atoms with Crippen LogP contribution < -0.4 is 0 Å². The van der Waals surface area contributed by atoms with E-state index in [1.807, 2.05) is 17.8 Å². The van der Waals surface area contributed by atoms with Crippen LogP contribution in [-0.4, -0.2) is 4.98 Å². The van der Waals surface area contributed by atoms with Crippen molar-refractivity contribution in [3.8, 4) is 0 Å². The highest BCUT2D eigenvalue weighted by Crippen LogP contribution is 1.95. The Balaban J connectivity index is 0.000000187. The van der Waals surface area contributed by atoms with E-state index in [0.717, 1.165) is 5.69 Å². The van der Waals surface area contributed by atoms with Crippen molar-refractivity contribution in [2.75, 3.05) is 0 Å². The number of nitrogens with zero attached hydrogens (tertiary/aromatic N) is 1. The summed E-state index contributed by atoms with van der Waals surface area (Å²) < 4.78 is 0. The summed E-state index contributed by atoms with van der Waals surface area (Å²) in [5.41, 5.74) is 2.94. The molecule has 0 aliphatic heterocycles. The molecule has 0 aromatic carbocycles. The molecule has 0 aliphatic carbocycles. The lowest BCUT2D eigenvalue weighted by molar-refractivity contribution is 0.772. The SMILES string of the molecule is CCCCC.Cc1cscn1. The highest BCUT2D eigenvalue weighted by atomic mass is 32.1. The number of thiazole rings is 1. The predicted octanol–water partition coefficient (Wildman–Crippen LogP) is 3.65. The highest BCUT2D eigenvalue weighted by molar-refractivity contribution is 7.07. The average Bonchev–Trinajstić information content (AvgIpc) is 2.43. The van der Waals surface area contributed by atoms with Crippen molar-refractivity contribution in [3.05, 3.63) is 16.6 Å². The second-order valence-electron chi connectivity index (χ2n) is 2.48. The van der Waals surface area contributed by atoms with Gasteiger partial charge in [0.05, 0.1) is 5.51 Å². The Morgan fingerprint density at radius 1 is 1.36 bits per heavy atom. The van der Waals surface area contributed by atoms with Gasteiger partial charge in [-0.25, -0.2) is 0 Å². The third-order valence-electron chi connectivity index (χ3n) is 1.26. The Bertz CT molecular complexity index is 145. The largest absolute Gasteiger partial charge is 0.250 e. The monoisotopic (exact) mass is 171 g/mol. The van der Waals surface area contributed by atoms with Crippen LogP contribution in [-0.2, 0) is 0 Å². The van der Waals surface area contributed by atoms with Gasteiger partial charge in [0, 0.05) is 11.1 Å². The molecule has 0 amide bonds. The van der Waals surface area contributed by atoms with Crippen molar-refractivity contribution in [2.45, 2.75) is 40.0 Å². The number of rotatable bonds is 2. The summed E-state index contributed by atoms with van der Waals surface area (Å²) in [6.45, 7) is 6.41. The minimum atomic E-state index is 1.11. The molecular weight excluding hydrogens is 154 g/mol. The van der Waals surface area contributed by atoms with Gasteiger partial charge in [0.1, 0.15) is 0 Å². The maximum atomic E-state index is 3.94. The molecule has 64 valence electrons. The van der Waals surface area contributed by atoms with Crippen LogP contribution in [0.5, 0.6) is 0 Å². The zero-order valence-corrected chi connectivity index (χ0v) is 8.45. The smallest absolute Gasteiger partial charge is 0.0794 e. The lowest BCUT2D eigenvalue weighted by Gasteiger charge is -1.79. The summed E-state index contributed by atoms with van der Waals surface area (Å²) in [7, 11) is 0. The van der Waals surface area contributed by atoms with Gasteiger partial charge in [0.15, 0.2) is 0 Å². The van der Waals surface area contributed by atoms with Crippen molar-refractivity contribution in [1.29, 1.82) is 0 Å². The molecule has 0 saturated carbocycles. The summed E-state index contributed by atoms with van der Waals surface area (Å²) in [4.78, 5) is 3.94. The van der Waals surface area contributed by atoms with E-state index in [4.69, 9.17) is 0 Å². The first kappa shape index (κ1) is 10.6. The van der Waals surface area contributed by atoms with Crippen LogP contribution in [0.1, 0.15) is 38.8 Å². The van der Waals surface area contributed by atoms with Gasteiger partial charge in [0.2, 0.25) is 0 Å². The first-order valence-corrected chi connectivity index (χ1v) is 5.10. The Kier molecular flexibility index (Phi) is 7.47. The molecular formula is C9H17NS. The molecule has 1 aromatic rings. The van der Waals surface area contributed by atoms with Crippen LogP contribution in [0.4, 0.5) is 0 Å². The molecule has 1 heterocycles. The molecule has 11 heavy (non-hydrogen) atoms. The van der Waals surface area contributed by atoms with Crippen molar-refractivity contribution in [3.63, 3.8) is 0 Å². The average molecular weight is 171 g/mol. The maximum absolute atomic E-state index is 3.94. The van der Waals surface area contributed by atoms with E-state index in [9.17, 15) is 0 Å². The summed E-state index contributed by atoms with van der Waals surface area (Å²) in [6.07, 6.45) is 4.08. The van der Waals surface area contributed by atoms with E-state index >= 15 is 0 Å². The Morgan fingerprint density at radius 3 is 2.09 bits per heavy atom. The first-order chi connectivity index (χ1) is 5.31. The highest BCUT2D eigenvalue weighted by Gasteiger charge is 1.76. The molecule has 0 bridgehead atoms. The summed E-state index contributed by atoms with van der Waals surface area (Å²) in [5, 5.41) is 2.01. The molecule has 0 saturated heterocycles. The fourth-order valence-electron chi connectivity index (χ4n) is 0.626. The van der Waals surface area contributed by atoms with Gasteiger partial charge in [-0.2, -0.15) is 0 Å². The van der Waals surface area contributed by atoms with E-state index in [1.165, 1.54) is 19.3 Å². The van der Waals surface area contributed by atoms with E-state index in [-0.39, 0.29) is 0 Å². The molecule has 1 aromatic heterocycles. The fraction of sp³-hybridized carbons (Fsp3) is 0.667. The summed E-state index contributed by atoms with van der Waals surface area (Å²) in [6, 6.07) is 0. The molecule has 0 N–H and O–H groups in total. The number of aryl methyl sites for hydroxylation is 1. The third-order valence-corrected chi connectivity index (χ3v) is 1.97. The molecule has 1 nitrogen and oxygen atoms in total. The molecule has 0 aliphatic rings. The fourth-order valence-corrected chi connectivity index (χ4v) is 1.17. The lowest BCUT2D eigenvalue weighted by atomic mass is 10.3. The van der Waals surface area contributed by atoms with E-state index in [1.54, 1.807) is 11.3 Å². The number of hydrogen-bond donors (Lipinski definition) is 0. The van der Waals surface area contributed by atoms with Crippen LogP contribution in [0.15, 0.2) is 10.9 Å². The van der Waals surface area contributed by atoms with Crippen molar-refractivity contribution in [2.24, 2.45) is 0 Å². The summed E-state index contributed by atoms with van der Waals surface area (Å²) >= 11 is 1.63. The zero-order chi connectivity index (χ0) is 8.53. The normalized spacial score (nSPS) is 8.64. The lowest BCUT2D eigenvalue weighted by Crippen LogP contribution is -1.59. The van der Waals surface area contributed by atoms with Gasteiger partial charge in [-0.15, -0.1) is 11.3 Å². The minimum absolute atomic E-state index is 1.11. The topological polar surface area (TPSA) is 12.9 Å². The molecule has 2 heteroatoms. The standard InChI is InChI=1S/C5H12.C4H5NS/c1-3-5-4-2;1-4-2-6-3-5-4/h3-5H2,1-2H3;2-3H,1H3. The molecule has 0 spiro atoms. The van der Waals surface area contributed by atoms with Gasteiger partial charge in [-0.3, -0.25) is 4.98 Å². The van der Waals surface area contributed by atoms with Crippen molar-refractivity contribution >= 4 is 11.3 Å². The van der Waals surface area contributed by atoms with Crippen molar-refractivity contribution in [1.82, 2.24) is 4.98 Å². The van der Waals surface area contributed by atoms with Crippen molar-refractivity contribution < 1.29 is 0 Å². The Hall–Kier alpha value is -0.370. The summed E-state index contributed by atoms with van der Waals surface area (Å²) in [5.74, 6) is 0. The molecule has 0 unspecified atom stereocenters. The number of hydrogen-bond acceptors (Lipinski definition) is 2. The predicted molar refractivity (Wildman–Crippen MR) is 52.1 cm³/mol. The minimum Gasteiger partial charge on any atom is -0.250 e. The zero-order valence-electron chi connectivity index (χ0n) is 7.63. The first-order valence-electron chi connectivity index (χ1n) is 4.16. The Labute approximate surface area is 73.5 Å². The number of aromatic nitrogens is 1. The van der Waals surface area contributed by atoms with Crippen LogP contribution in [0.2, 0.25) is 0 Å².